The van der Waals surface area contributed by atoms with E-state index >= 15 is 0 Å². The molecule has 0 saturated heterocycles. The molecule has 150 valence electrons. The average Bonchev–Trinajstić information content (AvgIpc) is 3.15. The van der Waals surface area contributed by atoms with E-state index in [0.29, 0.717) is 23.6 Å². The highest BCUT2D eigenvalue weighted by Gasteiger charge is 2.30. The van der Waals surface area contributed by atoms with Crippen LogP contribution < -0.4 is 10.0 Å². The zero-order valence-corrected chi connectivity index (χ0v) is 17.4. The van der Waals surface area contributed by atoms with E-state index in [2.05, 4.69) is 26.0 Å². The number of hydrogen-bond acceptors (Lipinski definition) is 6. The zero-order valence-electron chi connectivity index (χ0n) is 15.0. The number of allylic oxidation sites excluding steroid dienone is 1. The molecular formula is C19H14BrFN2O5S. The van der Waals surface area contributed by atoms with Crippen molar-refractivity contribution in [3.63, 3.8) is 0 Å². The third-order valence-electron chi connectivity index (χ3n) is 4.45. The second kappa shape index (κ2) is 7.20. The Bertz CT molecular complexity index is 1210. The molecule has 0 amide bonds. The van der Waals surface area contributed by atoms with Crippen molar-refractivity contribution in [1.29, 1.82) is 0 Å². The highest BCUT2D eigenvalue weighted by atomic mass is 79.9. The third-order valence-corrected chi connectivity index (χ3v) is 6.79. The zero-order chi connectivity index (χ0) is 20.8. The van der Waals surface area contributed by atoms with E-state index < -0.39 is 21.8 Å². The van der Waals surface area contributed by atoms with Crippen LogP contribution in [0.3, 0.4) is 0 Å². The van der Waals surface area contributed by atoms with Crippen LogP contribution in [0.4, 0.5) is 15.8 Å². The Kier molecular flexibility index (Phi) is 4.83. The Morgan fingerprint density at radius 1 is 1.31 bits per heavy atom. The molecule has 29 heavy (non-hydrogen) atoms. The highest BCUT2D eigenvalue weighted by molar-refractivity contribution is 9.10. The number of halogens is 2. The first kappa shape index (κ1) is 19.5. The van der Waals surface area contributed by atoms with Crippen LogP contribution in [0.5, 0.6) is 0 Å². The molecule has 2 aromatic carbocycles. The van der Waals surface area contributed by atoms with Crippen LogP contribution in [0.1, 0.15) is 15.9 Å². The molecule has 2 aromatic rings. The van der Waals surface area contributed by atoms with Gasteiger partial charge in [-0.1, -0.05) is 6.07 Å². The fourth-order valence-corrected chi connectivity index (χ4v) is 5.28. The Morgan fingerprint density at radius 3 is 2.83 bits per heavy atom. The Morgan fingerprint density at radius 2 is 2.10 bits per heavy atom. The second-order valence-electron chi connectivity index (χ2n) is 6.16. The molecule has 10 heteroatoms. The van der Waals surface area contributed by atoms with Gasteiger partial charge in [0.2, 0.25) is 0 Å². The number of rotatable bonds is 4. The lowest BCUT2D eigenvalue weighted by Gasteiger charge is -2.22. The fraction of sp³-hybridized carbons (Fsp3) is 0.105. The Labute approximate surface area is 174 Å². The molecule has 0 aliphatic carbocycles. The van der Waals surface area contributed by atoms with Crippen molar-refractivity contribution in [2.75, 3.05) is 23.8 Å². The van der Waals surface area contributed by atoms with Crippen molar-refractivity contribution >= 4 is 48.9 Å². The molecule has 2 aliphatic rings. The largest absolute Gasteiger partial charge is 0.487 e. The van der Waals surface area contributed by atoms with Crippen LogP contribution in [-0.2, 0) is 19.5 Å². The molecule has 2 aliphatic heterocycles. The van der Waals surface area contributed by atoms with E-state index in [9.17, 15) is 17.6 Å². The lowest BCUT2D eigenvalue weighted by atomic mass is 9.96. The maximum absolute atomic E-state index is 13.3. The first-order chi connectivity index (χ1) is 13.8. The van der Waals surface area contributed by atoms with E-state index in [0.717, 1.165) is 23.8 Å². The summed E-state index contributed by atoms with van der Waals surface area (Å²) in [5, 5.41) is 2.98. The smallest absolute Gasteiger partial charge is 0.342 e. The number of carbonyl (C=O) groups is 1. The van der Waals surface area contributed by atoms with Crippen LogP contribution in [0, 0.1) is 5.82 Å². The number of sulfonamides is 1. The number of benzene rings is 2. The number of nitrogens with one attached hydrogen (secondary N) is 2. The molecule has 2 heterocycles. The minimum absolute atomic E-state index is 0.0231. The van der Waals surface area contributed by atoms with Gasteiger partial charge in [-0.25, -0.2) is 17.6 Å². The molecule has 0 radical (unpaired) electrons. The number of fused-ring (bicyclic) bond motifs is 3. The molecule has 0 fully saturated rings. The highest BCUT2D eigenvalue weighted by Crippen LogP contribution is 2.42. The average molecular weight is 481 g/mol. The van der Waals surface area contributed by atoms with Crippen LogP contribution in [0.25, 0.3) is 5.57 Å². The van der Waals surface area contributed by atoms with Crippen molar-refractivity contribution < 1.29 is 27.1 Å². The van der Waals surface area contributed by atoms with Gasteiger partial charge in [0.1, 0.15) is 28.6 Å². The number of methoxy groups -OCH3 is 1. The molecule has 0 aromatic heterocycles. The summed E-state index contributed by atoms with van der Waals surface area (Å²) in [7, 11) is -2.92. The number of hydrogen-bond donors (Lipinski definition) is 2. The van der Waals surface area contributed by atoms with Crippen molar-refractivity contribution in [1.82, 2.24) is 0 Å². The van der Waals surface area contributed by atoms with Crippen LogP contribution in [0.15, 0.2) is 57.7 Å². The molecular weight excluding hydrogens is 467 g/mol. The van der Waals surface area contributed by atoms with Gasteiger partial charge in [-0.15, -0.1) is 0 Å². The van der Waals surface area contributed by atoms with Gasteiger partial charge in [-0.2, -0.15) is 0 Å². The monoisotopic (exact) mass is 480 g/mol. The van der Waals surface area contributed by atoms with Gasteiger partial charge in [0.05, 0.1) is 18.5 Å². The van der Waals surface area contributed by atoms with E-state index in [1.165, 1.54) is 13.2 Å². The molecule has 4 rings (SSSR count). The van der Waals surface area contributed by atoms with Crippen molar-refractivity contribution in [3.8, 4) is 0 Å². The predicted octanol–water partition coefficient (Wildman–Crippen LogP) is 3.86. The molecule has 0 spiro atoms. The molecule has 7 nitrogen and oxygen atoms in total. The molecule has 0 atom stereocenters. The Balaban J connectivity index is 1.82. The van der Waals surface area contributed by atoms with Gasteiger partial charge in [-0.3, -0.25) is 4.72 Å². The maximum Gasteiger partial charge on any atom is 0.342 e. The normalized spacial score (nSPS) is 14.6. The summed E-state index contributed by atoms with van der Waals surface area (Å²) in [4.78, 5) is 12.3. The van der Waals surface area contributed by atoms with E-state index in [-0.39, 0.29) is 20.6 Å². The lowest BCUT2D eigenvalue weighted by Crippen LogP contribution is -2.19. The van der Waals surface area contributed by atoms with Crippen molar-refractivity contribution in [2.24, 2.45) is 0 Å². The summed E-state index contributed by atoms with van der Waals surface area (Å²) in [6, 6.07) is 6.37. The molecule has 2 N–H and O–H groups in total. The van der Waals surface area contributed by atoms with Gasteiger partial charge in [0.25, 0.3) is 10.0 Å². The number of ether oxygens (including phenoxy) is 2. The first-order valence-corrected chi connectivity index (χ1v) is 10.6. The summed E-state index contributed by atoms with van der Waals surface area (Å²) in [6.45, 7) is 0.406. The van der Waals surface area contributed by atoms with Crippen molar-refractivity contribution in [3.05, 3.63) is 69.8 Å². The number of anilines is 2. The standard InChI is InChI=1S/C19H14BrFN2O5S/c1-27-19(24)17-14(23-29(25,26)16-5-2-10(21)8-13(16)20)4-3-12-11-6-7-28-15(11)9-22-18(12)17/h2-6,8-9,22-23H,7H2,1H3. The van der Waals surface area contributed by atoms with Gasteiger partial charge in [0, 0.05) is 21.8 Å². The SMILES string of the molecule is COC(=O)c1c(NS(=O)(=O)c2ccc(F)cc2Br)ccc2c1NC=C1OCC=C12. The van der Waals surface area contributed by atoms with E-state index in [1.54, 1.807) is 12.3 Å². The van der Waals surface area contributed by atoms with Gasteiger partial charge in [-0.05, 0) is 46.3 Å². The molecule has 0 saturated carbocycles. The first-order valence-electron chi connectivity index (χ1n) is 8.35. The third kappa shape index (κ3) is 3.38. The summed E-state index contributed by atoms with van der Waals surface area (Å²) >= 11 is 3.06. The molecule has 0 unspecified atom stereocenters. The van der Waals surface area contributed by atoms with Crippen LogP contribution in [-0.4, -0.2) is 28.1 Å². The number of esters is 1. The minimum Gasteiger partial charge on any atom is -0.487 e. The van der Waals surface area contributed by atoms with Crippen LogP contribution >= 0.6 is 15.9 Å². The molecule has 0 bridgehead atoms. The van der Waals surface area contributed by atoms with Crippen molar-refractivity contribution in [2.45, 2.75) is 4.90 Å². The fourth-order valence-electron chi connectivity index (χ4n) is 3.16. The topological polar surface area (TPSA) is 93.7 Å². The summed E-state index contributed by atoms with van der Waals surface area (Å²) in [6.07, 6.45) is 3.47. The second-order valence-corrected chi connectivity index (χ2v) is 8.67. The Hall–Kier alpha value is -2.85. The minimum atomic E-state index is -4.12. The quantitative estimate of drug-likeness (QED) is 0.645. The predicted molar refractivity (Wildman–Crippen MR) is 108 cm³/mol. The summed E-state index contributed by atoms with van der Waals surface area (Å²) < 4.78 is 51.9. The maximum atomic E-state index is 13.3. The summed E-state index contributed by atoms with van der Waals surface area (Å²) in [5.41, 5.74) is 1.94. The van der Waals surface area contributed by atoms with Gasteiger partial charge < -0.3 is 14.8 Å². The number of carbonyl (C=O) groups excluding carboxylic acids is 1. The van der Waals surface area contributed by atoms with Gasteiger partial charge in [0.15, 0.2) is 0 Å². The van der Waals surface area contributed by atoms with Gasteiger partial charge >= 0.3 is 5.97 Å². The summed E-state index contributed by atoms with van der Waals surface area (Å²) in [5.74, 6) is -0.669. The van der Waals surface area contributed by atoms with E-state index in [1.807, 2.05) is 6.08 Å². The van der Waals surface area contributed by atoms with Crippen LogP contribution in [0.2, 0.25) is 0 Å². The lowest BCUT2D eigenvalue weighted by molar-refractivity contribution is 0.0603. The van der Waals surface area contributed by atoms with E-state index in [4.69, 9.17) is 9.47 Å².